The predicted octanol–water partition coefficient (Wildman–Crippen LogP) is 1.18. The summed E-state index contributed by atoms with van der Waals surface area (Å²) in [7, 11) is 0. The summed E-state index contributed by atoms with van der Waals surface area (Å²) in [6.45, 7) is 18.7. The van der Waals surface area contributed by atoms with E-state index in [1.165, 1.54) is 6.92 Å². The van der Waals surface area contributed by atoms with E-state index in [1.54, 1.807) is 0 Å². The molecule has 4 saturated heterocycles. The normalized spacial score (nSPS) is 58.4. The van der Waals surface area contributed by atoms with E-state index in [0.29, 0.717) is 43.8 Å². The highest BCUT2D eigenvalue weighted by molar-refractivity contribution is 5.59. The summed E-state index contributed by atoms with van der Waals surface area (Å²) in [5.74, 6) is 1.26. The molecule has 25 atom stereocenters. The third-order valence-corrected chi connectivity index (χ3v) is 20.2. The highest BCUT2D eigenvalue weighted by Crippen LogP contribution is 2.82. The first kappa shape index (κ1) is 48.6. The number of fused-ring (bicyclic) bond motifs is 4. The fourth-order valence-electron chi connectivity index (χ4n) is 16.2. The minimum absolute atomic E-state index is 0.00758. The molecule has 0 aromatic rings. The fraction of sp³-hybridized carbons (Fsp3) is 0.938. The van der Waals surface area contributed by atoms with Crippen molar-refractivity contribution in [1.82, 2.24) is 0 Å². The van der Waals surface area contributed by atoms with E-state index >= 15 is 0 Å². The lowest BCUT2D eigenvalue weighted by Crippen LogP contribution is -2.74. The van der Waals surface area contributed by atoms with Gasteiger partial charge in [0, 0.05) is 16.7 Å². The van der Waals surface area contributed by atoms with Gasteiger partial charge in [-0.1, -0.05) is 48.1 Å². The summed E-state index contributed by atoms with van der Waals surface area (Å²) >= 11 is 0. The van der Waals surface area contributed by atoms with E-state index < -0.39 is 115 Å². The second-order valence-corrected chi connectivity index (χ2v) is 23.5. The van der Waals surface area contributed by atoms with Crippen molar-refractivity contribution in [1.29, 1.82) is 0 Å². The molecular weight excluding hydrogens is 849 g/mol. The Labute approximate surface area is 381 Å². The molecule has 0 radical (unpaired) electrons. The molecule has 9 fully saturated rings. The van der Waals surface area contributed by atoms with Gasteiger partial charge in [0.05, 0.1) is 42.7 Å². The van der Waals surface area contributed by atoms with E-state index in [9.17, 15) is 50.8 Å². The number of hydrogen-bond donors (Lipinski definition) is 9. The second kappa shape index (κ2) is 16.3. The number of carbonyl (C=O) groups is 1. The number of carbonyl (C=O) groups excluding carboxylic acids is 1. The number of ether oxygens (including phenoxy) is 7. The van der Waals surface area contributed by atoms with Crippen LogP contribution >= 0.6 is 0 Å². The SMILES string of the molecule is C=C1OC23CCC4C5(C)CCC(OC6OCC(OC7OC(CO)C(O)C(O)C7OC7OC(C)C(O)C(O)C7O)C(O)C6O)C(C)(C)C5CCC4(C)C2(C)CC(O)C12CCC(C)(C=O)CC23. The van der Waals surface area contributed by atoms with Crippen molar-refractivity contribution in [3.8, 4) is 0 Å². The van der Waals surface area contributed by atoms with Crippen LogP contribution in [0.3, 0.4) is 0 Å². The van der Waals surface area contributed by atoms with Crippen molar-refractivity contribution in [3.63, 3.8) is 0 Å². The molecule has 17 nitrogen and oxygen atoms in total. The monoisotopic (exact) mass is 925 g/mol. The lowest BCUT2D eigenvalue weighted by molar-refractivity contribution is -0.382. The van der Waals surface area contributed by atoms with Crippen LogP contribution in [-0.4, -0.2) is 169 Å². The van der Waals surface area contributed by atoms with Gasteiger partial charge >= 0.3 is 0 Å². The van der Waals surface area contributed by atoms with Crippen LogP contribution in [0.15, 0.2) is 12.3 Å². The van der Waals surface area contributed by atoms with Crippen molar-refractivity contribution >= 4 is 6.29 Å². The number of rotatable bonds is 8. The van der Waals surface area contributed by atoms with Crippen molar-refractivity contribution < 1.29 is 83.9 Å². The summed E-state index contributed by atoms with van der Waals surface area (Å²) in [6, 6.07) is 0. The molecule has 2 bridgehead atoms. The average molecular weight is 925 g/mol. The lowest BCUT2D eigenvalue weighted by Gasteiger charge is -2.74. The van der Waals surface area contributed by atoms with Gasteiger partial charge in [0.1, 0.15) is 72.9 Å². The van der Waals surface area contributed by atoms with Crippen LogP contribution < -0.4 is 0 Å². The molecule has 9 aliphatic rings. The summed E-state index contributed by atoms with van der Waals surface area (Å²) in [6.07, 6.45) is -13.0. The zero-order valence-corrected chi connectivity index (χ0v) is 39.0. The van der Waals surface area contributed by atoms with Gasteiger partial charge in [-0.3, -0.25) is 0 Å². The highest BCUT2D eigenvalue weighted by Gasteiger charge is 2.82. The summed E-state index contributed by atoms with van der Waals surface area (Å²) < 4.78 is 43.1. The van der Waals surface area contributed by atoms with Crippen molar-refractivity contribution in [2.24, 2.45) is 50.2 Å². The first-order chi connectivity index (χ1) is 30.4. The van der Waals surface area contributed by atoms with E-state index in [4.69, 9.17) is 33.2 Å². The van der Waals surface area contributed by atoms with Gasteiger partial charge in [-0.05, 0) is 99.2 Å². The first-order valence-electron chi connectivity index (χ1n) is 24.2. The molecule has 25 unspecified atom stereocenters. The predicted molar refractivity (Wildman–Crippen MR) is 227 cm³/mol. The van der Waals surface area contributed by atoms with Crippen molar-refractivity contribution in [2.75, 3.05) is 13.2 Å². The fourth-order valence-corrected chi connectivity index (χ4v) is 16.2. The van der Waals surface area contributed by atoms with E-state index in [-0.39, 0.29) is 46.2 Å². The van der Waals surface area contributed by atoms with Crippen LogP contribution in [0.1, 0.15) is 113 Å². The molecule has 4 aliphatic heterocycles. The van der Waals surface area contributed by atoms with Crippen LogP contribution in [0, 0.1) is 50.2 Å². The number of hydrogen-bond acceptors (Lipinski definition) is 17. The largest absolute Gasteiger partial charge is 0.491 e. The van der Waals surface area contributed by atoms with Crippen molar-refractivity contribution in [3.05, 3.63) is 12.3 Å². The molecule has 9 N–H and O–H groups in total. The number of aliphatic hydroxyl groups excluding tert-OH is 9. The molecule has 5 saturated carbocycles. The van der Waals surface area contributed by atoms with E-state index in [0.717, 1.165) is 38.4 Å². The maximum atomic E-state index is 12.5. The zero-order valence-electron chi connectivity index (χ0n) is 39.0. The molecule has 4 heterocycles. The minimum Gasteiger partial charge on any atom is -0.491 e. The Morgan fingerprint density at radius 3 is 2.08 bits per heavy atom. The molecule has 370 valence electrons. The molecule has 0 amide bonds. The molecule has 0 aromatic carbocycles. The Morgan fingerprint density at radius 2 is 1.38 bits per heavy atom. The Bertz CT molecular complexity index is 1820. The van der Waals surface area contributed by atoms with Crippen LogP contribution in [0.4, 0.5) is 0 Å². The first-order valence-corrected chi connectivity index (χ1v) is 24.2. The Kier molecular flexibility index (Phi) is 12.2. The topological polar surface area (TPSA) is 264 Å². The van der Waals surface area contributed by atoms with Gasteiger partial charge in [0.25, 0.3) is 0 Å². The quantitative estimate of drug-likeness (QED) is 0.122. The molecule has 17 heteroatoms. The smallest absolute Gasteiger partial charge is 0.187 e. The third-order valence-electron chi connectivity index (χ3n) is 20.2. The molecule has 5 aliphatic carbocycles. The molecule has 9 rings (SSSR count). The molecular formula is C48H76O17. The Balaban J connectivity index is 0.889. The van der Waals surface area contributed by atoms with Crippen LogP contribution in [0.25, 0.3) is 0 Å². The lowest BCUT2D eigenvalue weighted by atomic mass is 9.30. The third kappa shape index (κ3) is 6.75. The standard InChI is InChI=1S/C48H76O17/c1-22-31(52)34(55)37(58)40(60-22)64-38-35(56)32(53)24(19-49)61-41(38)62-25-20-59-39(36(57)33(25)54)63-30-11-12-44(6)26(42(30,3)4)9-13-45(7)27(44)10-14-48-28-17-43(5,21-50)15-16-47(28,23(2)65-48)29(51)18-46(45,48)8/h21-22,24-41,49,51-58H,2,9-20H2,1,3-8H3. The minimum atomic E-state index is -1.76. The van der Waals surface area contributed by atoms with Gasteiger partial charge in [0.15, 0.2) is 18.9 Å². The average Bonchev–Trinajstić information content (AvgIpc) is 3.47. The molecule has 1 spiro atoms. The number of aliphatic hydroxyl groups is 9. The highest BCUT2D eigenvalue weighted by atomic mass is 16.8. The Hall–Kier alpha value is -1.39. The number of aldehydes is 1. The molecule has 0 aromatic heterocycles. The maximum Gasteiger partial charge on any atom is 0.187 e. The second-order valence-electron chi connectivity index (χ2n) is 23.5. The zero-order chi connectivity index (χ0) is 47.2. The van der Waals surface area contributed by atoms with Crippen LogP contribution in [-0.2, 0) is 38.0 Å². The maximum absolute atomic E-state index is 12.5. The van der Waals surface area contributed by atoms with E-state index in [2.05, 4.69) is 48.1 Å². The van der Waals surface area contributed by atoms with Gasteiger partial charge in [-0.2, -0.15) is 0 Å². The summed E-state index contributed by atoms with van der Waals surface area (Å²) in [4.78, 5) is 12.5. The summed E-state index contributed by atoms with van der Waals surface area (Å²) in [5, 5.41) is 98.2. The van der Waals surface area contributed by atoms with Gasteiger partial charge < -0.3 is 83.9 Å². The van der Waals surface area contributed by atoms with Gasteiger partial charge in [0.2, 0.25) is 0 Å². The van der Waals surface area contributed by atoms with Crippen LogP contribution in [0.2, 0.25) is 0 Å². The van der Waals surface area contributed by atoms with E-state index in [1.807, 2.05) is 0 Å². The van der Waals surface area contributed by atoms with Crippen molar-refractivity contribution in [2.45, 2.75) is 216 Å². The van der Waals surface area contributed by atoms with Gasteiger partial charge in [-0.25, -0.2) is 0 Å². The summed E-state index contributed by atoms with van der Waals surface area (Å²) in [5.41, 5.74) is -2.56. The van der Waals surface area contributed by atoms with Gasteiger partial charge in [-0.15, -0.1) is 0 Å². The van der Waals surface area contributed by atoms with Crippen LogP contribution in [0.5, 0.6) is 0 Å². The Morgan fingerprint density at radius 1 is 0.692 bits per heavy atom. The molecule has 65 heavy (non-hydrogen) atoms.